The minimum Gasteiger partial charge on any atom is -0.263 e. The van der Waals surface area contributed by atoms with E-state index in [2.05, 4.69) is 5.10 Å². The summed E-state index contributed by atoms with van der Waals surface area (Å²) >= 11 is 0. The van der Waals surface area contributed by atoms with Crippen molar-refractivity contribution in [1.29, 1.82) is 0 Å². The first kappa shape index (κ1) is 10.2. The summed E-state index contributed by atoms with van der Waals surface area (Å²) in [6.45, 7) is 5.61. The number of nitrogens with zero attached hydrogens (tertiary/aromatic N) is 2. The van der Waals surface area contributed by atoms with E-state index in [1.807, 2.05) is 20.8 Å². The van der Waals surface area contributed by atoms with Gasteiger partial charge >= 0.3 is 0 Å². The fourth-order valence-corrected chi connectivity index (χ4v) is 1.25. The highest BCUT2D eigenvalue weighted by Crippen LogP contribution is 2.21. The van der Waals surface area contributed by atoms with Gasteiger partial charge in [0.05, 0.1) is 0 Å². The van der Waals surface area contributed by atoms with Gasteiger partial charge in [-0.1, -0.05) is 20.8 Å². The van der Waals surface area contributed by atoms with E-state index in [4.69, 9.17) is 0 Å². The highest BCUT2D eigenvalue weighted by molar-refractivity contribution is 5.11. The molecule has 74 valence electrons. The van der Waals surface area contributed by atoms with Crippen LogP contribution >= 0.6 is 0 Å². The van der Waals surface area contributed by atoms with Crippen LogP contribution < -0.4 is 0 Å². The molecule has 0 saturated heterocycles. The summed E-state index contributed by atoms with van der Waals surface area (Å²) in [7, 11) is 0. The van der Waals surface area contributed by atoms with Gasteiger partial charge in [-0.25, -0.2) is 8.78 Å². The van der Waals surface area contributed by atoms with Crippen molar-refractivity contribution >= 4 is 0 Å². The maximum absolute atomic E-state index is 12.1. The Balaban J connectivity index is 2.90. The van der Waals surface area contributed by atoms with Gasteiger partial charge in [0.25, 0.3) is 6.43 Å². The Hall–Kier alpha value is -0.930. The third-order valence-corrected chi connectivity index (χ3v) is 1.80. The van der Waals surface area contributed by atoms with E-state index in [1.165, 1.54) is 4.68 Å². The van der Waals surface area contributed by atoms with Gasteiger partial charge < -0.3 is 0 Å². The summed E-state index contributed by atoms with van der Waals surface area (Å²) in [5.41, 5.74) is 0.707. The van der Waals surface area contributed by atoms with Gasteiger partial charge in [0.1, 0.15) is 6.54 Å². The van der Waals surface area contributed by atoms with Crippen molar-refractivity contribution < 1.29 is 8.78 Å². The van der Waals surface area contributed by atoms with Crippen LogP contribution in [0.5, 0.6) is 0 Å². The normalized spacial score (nSPS) is 12.5. The van der Waals surface area contributed by atoms with Gasteiger partial charge in [0.15, 0.2) is 0 Å². The Kier molecular flexibility index (Phi) is 2.68. The molecule has 1 aromatic rings. The summed E-state index contributed by atoms with van der Waals surface area (Å²) < 4.78 is 25.6. The van der Waals surface area contributed by atoms with Crippen molar-refractivity contribution in [3.05, 3.63) is 18.0 Å². The molecule has 0 fully saturated rings. The van der Waals surface area contributed by atoms with Crippen molar-refractivity contribution in [2.45, 2.75) is 39.2 Å². The average Bonchev–Trinajstić information content (AvgIpc) is 2.31. The van der Waals surface area contributed by atoms with Crippen molar-refractivity contribution in [3.8, 4) is 0 Å². The van der Waals surface area contributed by atoms with Gasteiger partial charge in [-0.15, -0.1) is 0 Å². The predicted molar refractivity (Wildman–Crippen MR) is 46.9 cm³/mol. The van der Waals surface area contributed by atoms with Crippen LogP contribution in [0.4, 0.5) is 8.78 Å². The van der Waals surface area contributed by atoms with E-state index < -0.39 is 6.43 Å². The third kappa shape index (κ3) is 2.50. The molecule has 0 atom stereocenters. The van der Waals surface area contributed by atoms with E-state index in [1.54, 1.807) is 12.3 Å². The largest absolute Gasteiger partial charge is 0.263 e. The summed E-state index contributed by atoms with van der Waals surface area (Å²) in [4.78, 5) is 0. The van der Waals surface area contributed by atoms with Crippen molar-refractivity contribution in [1.82, 2.24) is 9.78 Å². The second-order valence-corrected chi connectivity index (χ2v) is 4.04. The second kappa shape index (κ2) is 3.44. The molecule has 0 aliphatic heterocycles. The molecule has 13 heavy (non-hydrogen) atoms. The van der Waals surface area contributed by atoms with E-state index in [-0.39, 0.29) is 12.0 Å². The molecule has 0 aromatic carbocycles. The number of rotatable bonds is 2. The first-order chi connectivity index (χ1) is 5.91. The van der Waals surface area contributed by atoms with Gasteiger partial charge in [-0.05, 0) is 6.07 Å². The van der Waals surface area contributed by atoms with Gasteiger partial charge in [-0.3, -0.25) is 4.68 Å². The quantitative estimate of drug-likeness (QED) is 0.697. The number of hydrogen-bond acceptors (Lipinski definition) is 1. The van der Waals surface area contributed by atoms with Crippen LogP contribution in [0, 0.1) is 0 Å². The Morgan fingerprint density at radius 2 is 2.08 bits per heavy atom. The van der Waals surface area contributed by atoms with E-state index in [0.29, 0.717) is 0 Å². The molecular formula is C9H14F2N2. The molecule has 0 spiro atoms. The summed E-state index contributed by atoms with van der Waals surface area (Å²) in [6.07, 6.45) is -0.788. The zero-order chi connectivity index (χ0) is 10.1. The second-order valence-electron chi connectivity index (χ2n) is 4.04. The Morgan fingerprint density at radius 1 is 1.46 bits per heavy atom. The minimum atomic E-state index is -2.35. The molecule has 2 nitrogen and oxygen atoms in total. The molecule has 0 amide bonds. The third-order valence-electron chi connectivity index (χ3n) is 1.80. The average molecular weight is 188 g/mol. The minimum absolute atomic E-state index is 0.134. The van der Waals surface area contributed by atoms with Crippen LogP contribution in [0.1, 0.15) is 26.5 Å². The molecule has 0 unspecified atom stereocenters. The lowest BCUT2D eigenvalue weighted by atomic mass is 9.92. The summed E-state index contributed by atoms with van der Waals surface area (Å²) in [5.74, 6) is 0. The van der Waals surface area contributed by atoms with Crippen LogP contribution in [0.25, 0.3) is 0 Å². The lowest BCUT2D eigenvalue weighted by Gasteiger charge is -2.19. The highest BCUT2D eigenvalue weighted by Gasteiger charge is 2.19. The van der Waals surface area contributed by atoms with Gasteiger partial charge in [-0.2, -0.15) is 5.10 Å². The number of alkyl halides is 2. The standard InChI is InChI=1S/C9H14F2N2/c1-9(2,3)7-4-5-12-13(7)6-8(10)11/h4-5,8H,6H2,1-3H3. The van der Waals surface area contributed by atoms with E-state index >= 15 is 0 Å². The summed E-state index contributed by atoms with van der Waals surface area (Å²) in [6, 6.07) is 1.78. The molecule has 0 aliphatic carbocycles. The van der Waals surface area contributed by atoms with Crippen LogP contribution in [0.15, 0.2) is 12.3 Å². The number of aromatic nitrogens is 2. The van der Waals surface area contributed by atoms with Crippen molar-refractivity contribution in [2.24, 2.45) is 0 Å². The molecule has 0 aliphatic rings. The SMILES string of the molecule is CC(C)(C)c1ccnn1CC(F)F. The fraction of sp³-hybridized carbons (Fsp3) is 0.667. The highest BCUT2D eigenvalue weighted by atomic mass is 19.3. The maximum Gasteiger partial charge on any atom is 0.257 e. The number of hydrogen-bond donors (Lipinski definition) is 0. The van der Waals surface area contributed by atoms with Gasteiger partial charge in [0, 0.05) is 17.3 Å². The zero-order valence-electron chi connectivity index (χ0n) is 8.09. The first-order valence-electron chi connectivity index (χ1n) is 4.21. The molecule has 1 aromatic heterocycles. The molecule has 0 bridgehead atoms. The molecule has 0 N–H and O–H groups in total. The molecule has 0 saturated carbocycles. The smallest absolute Gasteiger partial charge is 0.257 e. The molecule has 1 heterocycles. The first-order valence-corrected chi connectivity index (χ1v) is 4.21. The summed E-state index contributed by atoms with van der Waals surface area (Å²) in [5, 5.41) is 3.86. The lowest BCUT2D eigenvalue weighted by Crippen LogP contribution is -2.20. The molecule has 0 radical (unpaired) electrons. The lowest BCUT2D eigenvalue weighted by molar-refractivity contribution is 0.119. The Morgan fingerprint density at radius 3 is 2.54 bits per heavy atom. The molecule has 4 heteroatoms. The van der Waals surface area contributed by atoms with E-state index in [0.717, 1.165) is 5.69 Å². The van der Waals surface area contributed by atoms with Crippen LogP contribution in [-0.4, -0.2) is 16.2 Å². The Labute approximate surface area is 76.6 Å². The fourth-order valence-electron chi connectivity index (χ4n) is 1.25. The number of halogens is 2. The van der Waals surface area contributed by atoms with Crippen molar-refractivity contribution in [3.63, 3.8) is 0 Å². The van der Waals surface area contributed by atoms with Crippen LogP contribution in [-0.2, 0) is 12.0 Å². The molecule has 1 rings (SSSR count). The molecular weight excluding hydrogens is 174 g/mol. The predicted octanol–water partition coefficient (Wildman–Crippen LogP) is 2.45. The van der Waals surface area contributed by atoms with Crippen molar-refractivity contribution in [2.75, 3.05) is 0 Å². The maximum atomic E-state index is 12.1. The Bertz CT molecular complexity index is 273. The van der Waals surface area contributed by atoms with Gasteiger partial charge in [0.2, 0.25) is 0 Å². The van der Waals surface area contributed by atoms with E-state index in [9.17, 15) is 8.78 Å². The van der Waals surface area contributed by atoms with Crippen LogP contribution in [0.3, 0.4) is 0 Å². The zero-order valence-corrected chi connectivity index (χ0v) is 8.09. The monoisotopic (exact) mass is 188 g/mol. The van der Waals surface area contributed by atoms with Crippen LogP contribution in [0.2, 0.25) is 0 Å². The topological polar surface area (TPSA) is 17.8 Å².